The van der Waals surface area contributed by atoms with Crippen molar-refractivity contribution >= 4 is 21.6 Å². The Morgan fingerprint density at radius 3 is 3.06 bits per heavy atom. The van der Waals surface area contributed by atoms with E-state index in [2.05, 4.69) is 20.8 Å². The number of ether oxygens (including phenoxy) is 2. The highest BCUT2D eigenvalue weighted by Crippen LogP contribution is 2.44. The first kappa shape index (κ1) is 21.4. The van der Waals surface area contributed by atoms with Crippen molar-refractivity contribution in [2.24, 2.45) is 9.50 Å². The molecule has 0 spiro atoms. The van der Waals surface area contributed by atoms with E-state index in [0.717, 1.165) is 48.9 Å². The number of aryl methyl sites for hydroxylation is 2. The van der Waals surface area contributed by atoms with E-state index >= 15 is 0 Å². The molecule has 2 amide bonds. The predicted octanol–water partition coefficient (Wildman–Crippen LogP) is 1.73. The molecule has 1 aromatic carbocycles. The van der Waals surface area contributed by atoms with Crippen molar-refractivity contribution in [1.82, 2.24) is 9.78 Å². The Bertz CT molecular complexity index is 1200. The van der Waals surface area contributed by atoms with E-state index in [-0.39, 0.29) is 23.3 Å². The van der Waals surface area contributed by atoms with Gasteiger partial charge in [-0.1, -0.05) is 6.07 Å². The van der Waals surface area contributed by atoms with Crippen LogP contribution in [-0.2, 0) is 40.5 Å². The van der Waals surface area contributed by atoms with Gasteiger partial charge in [0.2, 0.25) is 5.88 Å². The zero-order valence-electron chi connectivity index (χ0n) is 17.9. The van der Waals surface area contributed by atoms with Gasteiger partial charge < -0.3 is 19.9 Å². The second-order valence-corrected chi connectivity index (χ2v) is 10.3. The van der Waals surface area contributed by atoms with Crippen molar-refractivity contribution in [3.05, 3.63) is 34.5 Å². The number of fused-ring (bicyclic) bond motifs is 3. The Labute approximate surface area is 186 Å². The fraction of sp³-hybridized carbons (Fsp3) is 0.524. The molecule has 3 aliphatic rings. The summed E-state index contributed by atoms with van der Waals surface area (Å²) in [6, 6.07) is 1.50. The lowest BCUT2D eigenvalue weighted by Gasteiger charge is -2.19. The normalized spacial score (nSPS) is 22.6. The maximum Gasteiger partial charge on any atom is 0.354 e. The van der Waals surface area contributed by atoms with Gasteiger partial charge in [-0.15, -0.1) is 4.36 Å². The Balaban J connectivity index is 1.48. The number of hydrogen-bond acceptors (Lipinski definition) is 6. The molecule has 1 aliphatic heterocycles. The first-order valence-electron chi connectivity index (χ1n) is 10.8. The molecule has 2 heterocycles. The summed E-state index contributed by atoms with van der Waals surface area (Å²) in [7, 11) is -1.92. The third-order valence-electron chi connectivity index (χ3n) is 6.45. The van der Waals surface area contributed by atoms with Crippen LogP contribution in [0.4, 0.5) is 10.5 Å². The molecule has 0 bridgehead atoms. The number of aliphatic hydroxyl groups excluding tert-OH is 1. The quantitative estimate of drug-likeness (QED) is 0.619. The number of amides is 2. The summed E-state index contributed by atoms with van der Waals surface area (Å²) in [6.45, 7) is 0.682. The van der Waals surface area contributed by atoms with Gasteiger partial charge in [0.15, 0.2) is 9.92 Å². The summed E-state index contributed by atoms with van der Waals surface area (Å²) in [6.07, 6.45) is 5.61. The SMILES string of the molecule is COC[C@@H]1CCc2cc3c(c(NC(=O)N=S(N)(=O)c4cnn5c4O[C@@H](CO)C5)c21)CCC3. The number of rotatable bonds is 5. The molecule has 1 aromatic heterocycles. The number of aliphatic hydroxyl groups is 1. The standard InChI is InChI=1S/C21H27N5O5S/c1-30-11-14-6-5-13-7-12-3-2-4-16(12)19(18(13)14)24-21(28)25-32(22,29)17-8-23-26-9-15(10-27)31-20(17)26/h7-8,14-15,27H,2-6,9-11H2,1H3,(H3,22,24,25,28,29)/t14-,15+,32?/m0/s1. The number of hydrogen-bond donors (Lipinski definition) is 3. The molecule has 0 radical (unpaired) electrons. The Morgan fingerprint density at radius 1 is 1.44 bits per heavy atom. The van der Waals surface area contributed by atoms with E-state index in [0.29, 0.717) is 13.2 Å². The molecule has 2 aromatic rings. The van der Waals surface area contributed by atoms with Crippen LogP contribution in [-0.4, -0.2) is 51.6 Å². The molecule has 0 fully saturated rings. The zero-order valence-corrected chi connectivity index (χ0v) is 18.7. The van der Waals surface area contributed by atoms with Gasteiger partial charge in [0, 0.05) is 18.7 Å². The van der Waals surface area contributed by atoms with Gasteiger partial charge >= 0.3 is 6.03 Å². The van der Waals surface area contributed by atoms with Crippen molar-refractivity contribution in [1.29, 1.82) is 0 Å². The lowest BCUT2D eigenvalue weighted by atomic mass is 9.94. The van der Waals surface area contributed by atoms with Gasteiger partial charge in [0.25, 0.3) is 0 Å². The monoisotopic (exact) mass is 461 g/mol. The summed E-state index contributed by atoms with van der Waals surface area (Å²) in [5.41, 5.74) is 5.48. The van der Waals surface area contributed by atoms with Crippen molar-refractivity contribution in [2.45, 2.75) is 55.6 Å². The zero-order chi connectivity index (χ0) is 22.5. The molecule has 0 saturated heterocycles. The maximum absolute atomic E-state index is 13.2. The van der Waals surface area contributed by atoms with Crippen LogP contribution in [0.15, 0.2) is 21.5 Å². The lowest BCUT2D eigenvalue weighted by molar-refractivity contribution is 0.130. The van der Waals surface area contributed by atoms with Gasteiger partial charge in [-0.3, -0.25) is 0 Å². The van der Waals surface area contributed by atoms with Gasteiger partial charge in [-0.05, 0) is 54.4 Å². The van der Waals surface area contributed by atoms with Crippen LogP contribution in [0.25, 0.3) is 0 Å². The molecule has 5 rings (SSSR count). The first-order valence-corrected chi connectivity index (χ1v) is 12.3. The number of aromatic nitrogens is 2. The third-order valence-corrected chi connectivity index (χ3v) is 7.80. The number of nitrogens with two attached hydrogens (primary N) is 1. The smallest absolute Gasteiger partial charge is 0.354 e. The first-order chi connectivity index (χ1) is 15.4. The molecule has 11 heteroatoms. The van der Waals surface area contributed by atoms with Crippen LogP contribution < -0.4 is 15.2 Å². The van der Waals surface area contributed by atoms with Crippen LogP contribution in [0.1, 0.15) is 41.0 Å². The van der Waals surface area contributed by atoms with E-state index in [4.69, 9.17) is 14.6 Å². The fourth-order valence-corrected chi connectivity index (χ4v) is 6.06. The van der Waals surface area contributed by atoms with Crippen LogP contribution >= 0.6 is 0 Å². The number of carbonyl (C=O) groups excluding carboxylic acids is 1. The summed E-state index contributed by atoms with van der Waals surface area (Å²) in [5.74, 6) is 0.371. The largest absolute Gasteiger partial charge is 0.469 e. The van der Waals surface area contributed by atoms with E-state index in [1.807, 2.05) is 0 Å². The molecule has 3 atom stereocenters. The third kappa shape index (κ3) is 3.58. The van der Waals surface area contributed by atoms with Gasteiger partial charge in [0.1, 0.15) is 11.0 Å². The summed E-state index contributed by atoms with van der Waals surface area (Å²) >= 11 is 0. The number of anilines is 1. The second-order valence-electron chi connectivity index (χ2n) is 8.52. The highest BCUT2D eigenvalue weighted by molar-refractivity contribution is 7.91. The van der Waals surface area contributed by atoms with E-state index in [1.165, 1.54) is 22.0 Å². The average molecular weight is 462 g/mol. The van der Waals surface area contributed by atoms with Gasteiger partial charge in [0.05, 0.1) is 26.0 Å². The maximum atomic E-state index is 13.2. The molecule has 172 valence electrons. The predicted molar refractivity (Wildman–Crippen MR) is 117 cm³/mol. The minimum Gasteiger partial charge on any atom is -0.469 e. The Kier molecular flexibility index (Phi) is 5.44. The molecule has 10 nitrogen and oxygen atoms in total. The molecule has 0 saturated carbocycles. The summed E-state index contributed by atoms with van der Waals surface area (Å²) < 4.78 is 29.4. The minimum atomic E-state index is -3.60. The van der Waals surface area contributed by atoms with Gasteiger partial charge in [-0.25, -0.2) is 18.8 Å². The highest BCUT2D eigenvalue weighted by atomic mass is 32.2. The van der Waals surface area contributed by atoms with Crippen LogP contribution in [0.2, 0.25) is 0 Å². The molecule has 4 N–H and O–H groups in total. The highest BCUT2D eigenvalue weighted by Gasteiger charge is 2.32. The molecule has 2 aliphatic carbocycles. The van der Waals surface area contributed by atoms with Crippen LogP contribution in [0, 0.1) is 0 Å². The van der Waals surface area contributed by atoms with Crippen molar-refractivity contribution in [3.63, 3.8) is 0 Å². The van der Waals surface area contributed by atoms with Crippen molar-refractivity contribution in [2.75, 3.05) is 25.6 Å². The van der Waals surface area contributed by atoms with E-state index < -0.39 is 22.1 Å². The molecule has 1 unspecified atom stereocenters. The van der Waals surface area contributed by atoms with Crippen LogP contribution in [0.5, 0.6) is 5.88 Å². The number of nitrogens with zero attached hydrogens (tertiary/aromatic N) is 3. The Hall–Kier alpha value is -2.47. The number of carbonyl (C=O) groups is 1. The minimum absolute atomic E-state index is 0.0457. The molecule has 32 heavy (non-hydrogen) atoms. The number of benzene rings is 1. The van der Waals surface area contributed by atoms with Crippen LogP contribution in [0.3, 0.4) is 0 Å². The lowest BCUT2D eigenvalue weighted by Crippen LogP contribution is -2.21. The van der Waals surface area contributed by atoms with E-state index in [9.17, 15) is 14.1 Å². The summed E-state index contributed by atoms with van der Waals surface area (Å²) in [4.78, 5) is 13.0. The van der Waals surface area contributed by atoms with Crippen molar-refractivity contribution in [3.8, 4) is 5.88 Å². The van der Waals surface area contributed by atoms with E-state index in [1.54, 1.807) is 7.11 Å². The molecular weight excluding hydrogens is 434 g/mol. The average Bonchev–Trinajstić information content (AvgIpc) is 3.50. The fourth-order valence-electron chi connectivity index (χ4n) is 5.07. The number of nitrogens with one attached hydrogen (secondary N) is 1. The molecular formula is C21H27N5O5S. The Morgan fingerprint density at radius 2 is 2.28 bits per heavy atom. The topological polar surface area (TPSA) is 141 Å². The van der Waals surface area contributed by atoms with Gasteiger partial charge in [-0.2, -0.15) is 5.10 Å². The van der Waals surface area contributed by atoms with Crippen molar-refractivity contribution < 1.29 is 23.6 Å². The number of urea groups is 1. The number of methoxy groups -OCH3 is 1. The summed E-state index contributed by atoms with van der Waals surface area (Å²) in [5, 5.41) is 22.3. The second kappa shape index (κ2) is 8.14.